The molecule has 1 aliphatic rings. The van der Waals surface area contributed by atoms with Crippen molar-refractivity contribution in [2.75, 3.05) is 19.8 Å². The lowest BCUT2D eigenvalue weighted by atomic mass is 10.1. The summed E-state index contributed by atoms with van der Waals surface area (Å²) < 4.78 is 32.8. The molecule has 0 bridgehead atoms. The van der Waals surface area contributed by atoms with Crippen molar-refractivity contribution in [3.8, 4) is 11.3 Å². The van der Waals surface area contributed by atoms with Crippen LogP contribution in [0, 0.1) is 11.6 Å². The van der Waals surface area contributed by atoms with Gasteiger partial charge in [0.05, 0.1) is 31.1 Å². The Morgan fingerprint density at radius 3 is 2.85 bits per heavy atom. The fourth-order valence-corrected chi connectivity index (χ4v) is 3.15. The van der Waals surface area contributed by atoms with E-state index >= 15 is 0 Å². The average Bonchev–Trinajstić information content (AvgIpc) is 3.13. The topological polar surface area (TPSA) is 54.0 Å². The number of pyridine rings is 1. The Morgan fingerprint density at radius 2 is 2.04 bits per heavy atom. The third-order valence-corrected chi connectivity index (χ3v) is 4.51. The van der Waals surface area contributed by atoms with Crippen molar-refractivity contribution in [1.29, 1.82) is 0 Å². The molecular formula is C19H18F2N4O. The van der Waals surface area contributed by atoms with Gasteiger partial charge in [-0.25, -0.2) is 13.8 Å². The van der Waals surface area contributed by atoms with Gasteiger partial charge < -0.3 is 9.72 Å². The van der Waals surface area contributed by atoms with Crippen molar-refractivity contribution >= 4 is 0 Å². The van der Waals surface area contributed by atoms with Gasteiger partial charge in [-0.1, -0.05) is 0 Å². The average molecular weight is 356 g/mol. The van der Waals surface area contributed by atoms with Crippen molar-refractivity contribution in [3.63, 3.8) is 0 Å². The van der Waals surface area contributed by atoms with Gasteiger partial charge in [-0.2, -0.15) is 0 Å². The lowest BCUT2D eigenvalue weighted by Crippen LogP contribution is -2.39. The summed E-state index contributed by atoms with van der Waals surface area (Å²) in [5.74, 6) is -0.513. The smallest absolute Gasteiger partial charge is 0.135 e. The molecule has 1 N–H and O–H groups in total. The number of H-pyrrole nitrogens is 1. The monoisotopic (exact) mass is 356 g/mol. The molecule has 0 aliphatic carbocycles. The van der Waals surface area contributed by atoms with E-state index in [-0.39, 0.29) is 6.04 Å². The molecule has 2 aromatic heterocycles. The predicted molar refractivity (Wildman–Crippen MR) is 92.1 cm³/mol. The molecule has 4 rings (SSSR count). The van der Waals surface area contributed by atoms with Crippen molar-refractivity contribution in [2.45, 2.75) is 12.6 Å². The Hall–Kier alpha value is -2.64. The molecule has 1 saturated heterocycles. The van der Waals surface area contributed by atoms with Gasteiger partial charge in [0.2, 0.25) is 0 Å². The number of morpholine rings is 1. The van der Waals surface area contributed by atoms with E-state index in [0.29, 0.717) is 30.3 Å². The van der Waals surface area contributed by atoms with Gasteiger partial charge in [0.1, 0.15) is 17.5 Å². The molecule has 5 nitrogen and oxygen atoms in total. The maximum absolute atomic E-state index is 14.0. The zero-order chi connectivity index (χ0) is 17.9. The molecule has 134 valence electrons. The van der Waals surface area contributed by atoms with Crippen LogP contribution in [0.4, 0.5) is 8.78 Å². The normalized spacial score (nSPS) is 18.2. The van der Waals surface area contributed by atoms with Gasteiger partial charge in [0, 0.05) is 37.1 Å². The highest BCUT2D eigenvalue weighted by Crippen LogP contribution is 2.27. The van der Waals surface area contributed by atoms with E-state index in [4.69, 9.17) is 4.74 Å². The lowest BCUT2D eigenvalue weighted by Gasteiger charge is -2.34. The Morgan fingerprint density at radius 1 is 1.19 bits per heavy atom. The number of benzene rings is 1. The number of hydrogen-bond donors (Lipinski definition) is 1. The first-order chi connectivity index (χ1) is 12.7. The minimum Gasteiger partial charge on any atom is -0.378 e. The maximum Gasteiger partial charge on any atom is 0.135 e. The largest absolute Gasteiger partial charge is 0.378 e. The van der Waals surface area contributed by atoms with E-state index in [1.54, 1.807) is 18.6 Å². The molecule has 0 saturated carbocycles. The Kier molecular flexibility index (Phi) is 4.73. The van der Waals surface area contributed by atoms with E-state index in [0.717, 1.165) is 24.7 Å². The van der Waals surface area contributed by atoms with Crippen LogP contribution in [0.25, 0.3) is 11.3 Å². The zero-order valence-electron chi connectivity index (χ0n) is 14.0. The highest BCUT2D eigenvalue weighted by molar-refractivity contribution is 5.59. The van der Waals surface area contributed by atoms with Gasteiger partial charge in [-0.15, -0.1) is 0 Å². The number of imidazole rings is 1. The number of hydrogen-bond acceptors (Lipinski definition) is 4. The maximum atomic E-state index is 14.0. The van der Waals surface area contributed by atoms with Crippen molar-refractivity contribution < 1.29 is 13.5 Å². The van der Waals surface area contributed by atoms with Crippen molar-refractivity contribution in [2.24, 2.45) is 0 Å². The van der Waals surface area contributed by atoms with Gasteiger partial charge in [-0.3, -0.25) is 9.88 Å². The summed E-state index contributed by atoms with van der Waals surface area (Å²) in [5, 5.41) is 0. The van der Waals surface area contributed by atoms with Gasteiger partial charge in [-0.05, 0) is 29.8 Å². The lowest BCUT2D eigenvalue weighted by molar-refractivity contribution is -0.0156. The molecule has 3 aromatic rings. The Balaban J connectivity index is 1.58. The minimum atomic E-state index is -0.617. The summed E-state index contributed by atoms with van der Waals surface area (Å²) in [6.45, 7) is 2.68. The van der Waals surface area contributed by atoms with Crippen LogP contribution in [0.1, 0.15) is 17.4 Å². The van der Waals surface area contributed by atoms with E-state index in [9.17, 15) is 8.78 Å². The SMILES string of the molecule is Fc1ccc(-c2cnc(C3COCCN3Cc3ccncc3)[nH]2)c(F)c1. The molecule has 26 heavy (non-hydrogen) atoms. The quantitative estimate of drug-likeness (QED) is 0.779. The molecule has 1 aliphatic heterocycles. The van der Waals surface area contributed by atoms with E-state index < -0.39 is 11.6 Å². The second kappa shape index (κ2) is 7.31. The Labute approximate surface area is 149 Å². The van der Waals surface area contributed by atoms with Gasteiger partial charge in [0.15, 0.2) is 0 Å². The highest BCUT2D eigenvalue weighted by Gasteiger charge is 2.27. The Bertz CT molecular complexity index is 884. The first-order valence-corrected chi connectivity index (χ1v) is 8.42. The number of nitrogens with one attached hydrogen (secondary N) is 1. The molecule has 1 atom stereocenters. The summed E-state index contributed by atoms with van der Waals surface area (Å²) in [7, 11) is 0. The third-order valence-electron chi connectivity index (χ3n) is 4.51. The number of halogens is 2. The number of aromatic amines is 1. The summed E-state index contributed by atoms with van der Waals surface area (Å²) in [5.41, 5.74) is 1.97. The zero-order valence-corrected chi connectivity index (χ0v) is 14.0. The first-order valence-electron chi connectivity index (χ1n) is 8.42. The second-order valence-electron chi connectivity index (χ2n) is 6.22. The number of ether oxygens (including phenoxy) is 1. The molecule has 1 aromatic carbocycles. The van der Waals surface area contributed by atoms with Crippen molar-refractivity contribution in [3.05, 3.63) is 71.9 Å². The molecule has 0 radical (unpaired) electrons. The fourth-order valence-electron chi connectivity index (χ4n) is 3.15. The summed E-state index contributed by atoms with van der Waals surface area (Å²) in [6.07, 6.45) is 5.12. The number of aromatic nitrogens is 3. The van der Waals surface area contributed by atoms with Crippen LogP contribution >= 0.6 is 0 Å². The molecule has 1 unspecified atom stereocenters. The molecule has 0 spiro atoms. The molecule has 3 heterocycles. The van der Waals surface area contributed by atoms with Crippen molar-refractivity contribution in [1.82, 2.24) is 19.9 Å². The summed E-state index contributed by atoms with van der Waals surface area (Å²) in [4.78, 5) is 13.9. The van der Waals surface area contributed by atoms with Crippen LogP contribution in [-0.2, 0) is 11.3 Å². The molecular weight excluding hydrogens is 338 g/mol. The summed E-state index contributed by atoms with van der Waals surface area (Å²) >= 11 is 0. The van der Waals surface area contributed by atoms with Crippen LogP contribution in [0.2, 0.25) is 0 Å². The molecule has 7 heteroatoms. The van der Waals surface area contributed by atoms with Crippen LogP contribution in [0.15, 0.2) is 48.9 Å². The molecule has 0 amide bonds. The van der Waals surface area contributed by atoms with Gasteiger partial charge in [0.25, 0.3) is 0 Å². The van der Waals surface area contributed by atoms with Crippen LogP contribution in [0.5, 0.6) is 0 Å². The van der Waals surface area contributed by atoms with E-state index in [1.807, 2.05) is 12.1 Å². The highest BCUT2D eigenvalue weighted by atomic mass is 19.1. The summed E-state index contributed by atoms with van der Waals surface area (Å²) in [6, 6.07) is 7.41. The standard InChI is InChI=1S/C19H18F2N4O/c20-14-1-2-15(16(21)9-14)17-10-23-19(24-17)18-12-26-8-7-25(18)11-13-3-5-22-6-4-13/h1-6,9-10,18H,7-8,11-12H2,(H,23,24). The van der Waals surface area contributed by atoms with Crippen LogP contribution < -0.4 is 0 Å². The van der Waals surface area contributed by atoms with Crippen LogP contribution in [0.3, 0.4) is 0 Å². The number of rotatable bonds is 4. The van der Waals surface area contributed by atoms with E-state index in [2.05, 4.69) is 19.9 Å². The second-order valence-corrected chi connectivity index (χ2v) is 6.22. The first kappa shape index (κ1) is 16.8. The predicted octanol–water partition coefficient (Wildman–Crippen LogP) is 3.32. The van der Waals surface area contributed by atoms with Gasteiger partial charge >= 0.3 is 0 Å². The van der Waals surface area contributed by atoms with E-state index in [1.165, 1.54) is 12.1 Å². The minimum absolute atomic E-state index is 0.0609. The third kappa shape index (κ3) is 3.49. The molecule has 1 fully saturated rings. The number of nitrogens with zero attached hydrogens (tertiary/aromatic N) is 3. The van der Waals surface area contributed by atoms with Crippen LogP contribution in [-0.4, -0.2) is 39.6 Å². The fraction of sp³-hybridized carbons (Fsp3) is 0.263.